The molecule has 0 aliphatic carbocycles. The summed E-state index contributed by atoms with van der Waals surface area (Å²) in [7, 11) is 1.18. The third kappa shape index (κ3) is 65.5. The average molecular weight is 1210 g/mol. The highest BCUT2D eigenvalue weighted by molar-refractivity contribution is 7.45. The van der Waals surface area contributed by atoms with Crippen molar-refractivity contribution in [2.75, 3.05) is 40.9 Å². The molecule has 3 unspecified atom stereocenters. The van der Waals surface area contributed by atoms with E-state index in [-0.39, 0.29) is 24.9 Å². The van der Waals surface area contributed by atoms with E-state index in [2.05, 4.69) is 99.0 Å². The summed E-state index contributed by atoms with van der Waals surface area (Å²) >= 11 is 0. The van der Waals surface area contributed by atoms with Crippen molar-refractivity contribution in [3.05, 3.63) is 85.1 Å². The molecule has 0 aromatic carbocycles. The molecule has 0 bridgehead atoms. The van der Waals surface area contributed by atoms with Gasteiger partial charge >= 0.3 is 5.97 Å². The molecule has 0 saturated carbocycles. The molecule has 494 valence electrons. The summed E-state index contributed by atoms with van der Waals surface area (Å²) in [4.78, 5) is 40.2. The van der Waals surface area contributed by atoms with Gasteiger partial charge in [0, 0.05) is 12.8 Å². The number of hydrogen-bond acceptors (Lipinski definition) is 7. The van der Waals surface area contributed by atoms with Crippen molar-refractivity contribution in [1.82, 2.24) is 5.32 Å². The Morgan fingerprint density at radius 3 is 1.14 bits per heavy atom. The molecule has 0 aromatic rings. The Balaban J connectivity index is 5.13. The normalized spacial score (nSPS) is 14.0. The first-order chi connectivity index (χ1) is 41.4. The van der Waals surface area contributed by atoms with Gasteiger partial charge < -0.3 is 28.5 Å². The number of esters is 1. The molecule has 0 radical (unpaired) electrons. The second kappa shape index (κ2) is 64.2. The number of amides is 1. The average Bonchev–Trinajstić information content (AvgIpc) is 3.52. The van der Waals surface area contributed by atoms with E-state index in [0.717, 1.165) is 103 Å². The van der Waals surface area contributed by atoms with Gasteiger partial charge in [0.2, 0.25) is 5.91 Å². The fourth-order valence-corrected chi connectivity index (χ4v) is 11.0. The lowest BCUT2D eigenvalue weighted by molar-refractivity contribution is -0.870. The number of phosphoric ester groups is 1. The second-order valence-corrected chi connectivity index (χ2v) is 26.8. The van der Waals surface area contributed by atoms with E-state index < -0.39 is 26.6 Å². The third-order valence-electron chi connectivity index (χ3n) is 15.8. The molecular weight excluding hydrogens is 1070 g/mol. The Hall–Kier alpha value is -2.81. The quantitative estimate of drug-likeness (QED) is 0.0212. The number of unbranched alkanes of at least 4 members (excludes halogenated alkanes) is 37. The van der Waals surface area contributed by atoms with Gasteiger partial charge in [-0.15, -0.1) is 0 Å². The number of carbonyl (C=O) groups is 2. The molecular formula is C75H137N2O7P. The molecule has 0 aliphatic heterocycles. The van der Waals surface area contributed by atoms with Crippen LogP contribution in [-0.2, 0) is 27.9 Å². The fraction of sp³-hybridized carbons (Fsp3) is 0.787. The first-order valence-electron chi connectivity index (χ1n) is 35.9. The van der Waals surface area contributed by atoms with E-state index >= 15 is 0 Å². The molecule has 0 aromatic heterocycles. The number of likely N-dealkylation sites (N-methyl/N-ethyl adjacent to an activating group) is 1. The largest absolute Gasteiger partial charge is 0.756 e. The van der Waals surface area contributed by atoms with Crippen LogP contribution in [-0.4, -0.2) is 69.4 Å². The molecule has 3 atom stereocenters. The van der Waals surface area contributed by atoms with Crippen LogP contribution in [0.25, 0.3) is 0 Å². The van der Waals surface area contributed by atoms with E-state index in [1.54, 1.807) is 0 Å². The Labute approximate surface area is 526 Å². The molecule has 1 amide bonds. The molecule has 9 nitrogen and oxygen atoms in total. The van der Waals surface area contributed by atoms with E-state index in [9.17, 15) is 19.0 Å². The van der Waals surface area contributed by atoms with E-state index in [1.165, 1.54) is 193 Å². The number of hydrogen-bond donors (Lipinski definition) is 1. The second-order valence-electron chi connectivity index (χ2n) is 25.4. The van der Waals surface area contributed by atoms with Crippen LogP contribution in [0.5, 0.6) is 0 Å². The smallest absolute Gasteiger partial charge is 0.306 e. The number of nitrogens with zero attached hydrogens (tertiary/aromatic N) is 1. The van der Waals surface area contributed by atoms with Crippen LogP contribution < -0.4 is 10.2 Å². The van der Waals surface area contributed by atoms with Crippen LogP contribution in [0, 0.1) is 0 Å². The van der Waals surface area contributed by atoms with Crippen molar-refractivity contribution in [3.8, 4) is 0 Å². The SMILES string of the molecule is CC/C=C\C/C=C\C/C=C\C/C=C\C/C=C\CCCCCCCCCC(=O)NC(COP(=O)([O-])OCC[N+](C)(C)C)C(/C=C/CCCCCCCCCCCCC)OC(=O)CCCCCCCCCCCCCCC/C=C/CCCCCCCC. The van der Waals surface area contributed by atoms with Gasteiger partial charge in [0.1, 0.15) is 19.3 Å². The van der Waals surface area contributed by atoms with Gasteiger partial charge in [-0.1, -0.05) is 299 Å². The maximum absolute atomic E-state index is 13.6. The number of allylic oxidation sites excluding steroid dienone is 13. The van der Waals surface area contributed by atoms with Crippen molar-refractivity contribution in [1.29, 1.82) is 0 Å². The molecule has 85 heavy (non-hydrogen) atoms. The Morgan fingerprint density at radius 1 is 0.424 bits per heavy atom. The number of rotatable bonds is 65. The first-order valence-corrected chi connectivity index (χ1v) is 37.4. The van der Waals surface area contributed by atoms with Crippen LogP contribution in [0.15, 0.2) is 85.1 Å². The number of quaternary nitrogens is 1. The van der Waals surface area contributed by atoms with E-state index in [4.69, 9.17) is 13.8 Å². The van der Waals surface area contributed by atoms with Crippen LogP contribution in [0.4, 0.5) is 0 Å². The predicted molar refractivity (Wildman–Crippen MR) is 367 cm³/mol. The standard InChI is InChI=1S/C75H137N2O7P/c1-7-10-13-16-19-22-25-28-30-32-34-36-38-40-42-44-46-49-52-55-58-61-64-67-74(78)76-72(71-83-85(80,81)82-70-69-77(4,5)6)73(66-63-60-57-54-51-48-27-24-21-18-15-12-9-3)84-75(79)68-65-62-59-56-53-50-47-45-43-41-39-37-35-33-31-29-26-23-20-17-14-11-8-2/h10,13,19,22,28-31,34,36,40,42,63,66,72-73H,7-9,11-12,14-18,20-21,23-27,32-33,35,37-39,41,43-62,64-65,67-71H2,1-6H3,(H-,76,78,80,81)/b13-10-,22-19-,30-28-,31-29+,36-34-,42-40-,66-63+. The lowest BCUT2D eigenvalue weighted by atomic mass is 10.0. The van der Waals surface area contributed by atoms with Crippen LogP contribution in [0.2, 0.25) is 0 Å². The topological polar surface area (TPSA) is 114 Å². The number of carbonyl (C=O) groups excluding carboxylic acids is 2. The Morgan fingerprint density at radius 2 is 0.753 bits per heavy atom. The van der Waals surface area contributed by atoms with Crippen molar-refractivity contribution in [2.24, 2.45) is 0 Å². The first kappa shape index (κ1) is 82.2. The number of nitrogens with one attached hydrogen (secondary N) is 1. The summed E-state index contributed by atoms with van der Waals surface area (Å²) in [5.41, 5.74) is 0. The molecule has 1 N–H and O–H groups in total. The van der Waals surface area contributed by atoms with Gasteiger partial charge in [0.15, 0.2) is 0 Å². The summed E-state index contributed by atoms with van der Waals surface area (Å²) < 4.78 is 30.5. The zero-order valence-electron chi connectivity index (χ0n) is 56.6. The Kier molecular flexibility index (Phi) is 62.1. The van der Waals surface area contributed by atoms with Crippen LogP contribution in [0.3, 0.4) is 0 Å². The van der Waals surface area contributed by atoms with Crippen molar-refractivity contribution in [3.63, 3.8) is 0 Å². The minimum atomic E-state index is -4.71. The minimum absolute atomic E-state index is 0.0269. The van der Waals surface area contributed by atoms with E-state index in [1.807, 2.05) is 33.3 Å². The maximum Gasteiger partial charge on any atom is 0.306 e. The predicted octanol–water partition coefficient (Wildman–Crippen LogP) is 22.3. The molecule has 0 rings (SSSR count). The summed E-state index contributed by atoms with van der Waals surface area (Å²) in [6.45, 7) is 6.75. The van der Waals surface area contributed by atoms with Crippen LogP contribution >= 0.6 is 7.82 Å². The monoisotopic (exact) mass is 1210 g/mol. The van der Waals surface area contributed by atoms with Gasteiger partial charge in [-0.25, -0.2) is 0 Å². The lowest BCUT2D eigenvalue weighted by Gasteiger charge is -2.30. The number of ether oxygens (including phenoxy) is 1. The van der Waals surface area contributed by atoms with Crippen molar-refractivity contribution >= 4 is 19.7 Å². The maximum atomic E-state index is 13.6. The lowest BCUT2D eigenvalue weighted by Crippen LogP contribution is -2.47. The van der Waals surface area contributed by atoms with Gasteiger partial charge in [-0.05, 0) is 102 Å². The molecule has 0 spiro atoms. The highest BCUT2D eigenvalue weighted by Gasteiger charge is 2.27. The third-order valence-corrected chi connectivity index (χ3v) is 16.8. The van der Waals surface area contributed by atoms with Gasteiger partial charge in [-0.2, -0.15) is 0 Å². The molecule has 0 heterocycles. The summed E-state index contributed by atoms with van der Waals surface area (Å²) in [6.07, 6.45) is 85.6. The fourth-order valence-electron chi connectivity index (χ4n) is 10.3. The highest BCUT2D eigenvalue weighted by atomic mass is 31.2. The molecule has 0 saturated heterocycles. The zero-order valence-corrected chi connectivity index (χ0v) is 57.4. The van der Waals surface area contributed by atoms with Crippen molar-refractivity contribution in [2.45, 2.75) is 341 Å². The number of phosphoric acid groups is 1. The zero-order chi connectivity index (χ0) is 62.1. The summed E-state index contributed by atoms with van der Waals surface area (Å²) in [6, 6.07) is -0.899. The van der Waals surface area contributed by atoms with Gasteiger partial charge in [0.25, 0.3) is 7.82 Å². The van der Waals surface area contributed by atoms with Gasteiger partial charge in [0.05, 0.1) is 33.8 Å². The van der Waals surface area contributed by atoms with Gasteiger partial charge in [-0.3, -0.25) is 14.2 Å². The summed E-state index contributed by atoms with van der Waals surface area (Å²) in [5.74, 6) is -0.546. The Bertz CT molecular complexity index is 1730. The molecule has 0 fully saturated rings. The molecule has 0 aliphatic rings. The molecule has 10 heteroatoms. The minimum Gasteiger partial charge on any atom is -0.756 e. The van der Waals surface area contributed by atoms with E-state index in [0.29, 0.717) is 17.4 Å². The summed E-state index contributed by atoms with van der Waals surface area (Å²) in [5, 5.41) is 3.04. The van der Waals surface area contributed by atoms with Crippen molar-refractivity contribution < 1.29 is 37.3 Å². The van der Waals surface area contributed by atoms with Crippen LogP contribution in [0.1, 0.15) is 329 Å². The highest BCUT2D eigenvalue weighted by Crippen LogP contribution is 2.38.